The Hall–Kier alpha value is -0.260. The fourth-order valence-electron chi connectivity index (χ4n) is 1.63. The zero-order chi connectivity index (χ0) is 7.78. The monoisotopic (exact) mass is 138 g/mol. The molecule has 1 aliphatic rings. The lowest BCUT2D eigenvalue weighted by Crippen LogP contribution is -2.35. The summed E-state index contributed by atoms with van der Waals surface area (Å²) in [5.74, 6) is 0.894. The van der Waals surface area contributed by atoms with Crippen molar-refractivity contribution in [2.75, 3.05) is 0 Å². The van der Waals surface area contributed by atoms with Gasteiger partial charge in [-0.25, -0.2) is 0 Å². The Bertz CT molecular complexity index is 151. The van der Waals surface area contributed by atoms with Crippen LogP contribution in [0, 0.1) is 11.3 Å². The van der Waals surface area contributed by atoms with Gasteiger partial charge in [-0.15, -0.1) is 0 Å². The van der Waals surface area contributed by atoms with Crippen LogP contribution in [0.1, 0.15) is 40.5 Å². The standard InChI is InChI=1S/C10H18/c1-5-6-9-7-8(2)10(9,3)4/h6,8H,5,7H2,1-4H3. The molecule has 0 heteroatoms. The molecule has 1 saturated carbocycles. The molecule has 1 fully saturated rings. The fraction of sp³-hybridized carbons (Fsp3) is 0.800. The average molecular weight is 138 g/mol. The quantitative estimate of drug-likeness (QED) is 0.487. The largest absolute Gasteiger partial charge is 0.0850 e. The summed E-state index contributed by atoms with van der Waals surface area (Å²) in [4.78, 5) is 0. The van der Waals surface area contributed by atoms with Crippen molar-refractivity contribution < 1.29 is 0 Å². The molecule has 1 atom stereocenters. The normalized spacial score (nSPS) is 34.0. The first-order chi connectivity index (χ1) is 4.59. The predicted molar refractivity (Wildman–Crippen MR) is 45.9 cm³/mol. The van der Waals surface area contributed by atoms with Crippen molar-refractivity contribution in [2.24, 2.45) is 11.3 Å². The lowest BCUT2D eigenvalue weighted by atomic mass is 9.59. The molecule has 10 heavy (non-hydrogen) atoms. The van der Waals surface area contributed by atoms with Crippen LogP contribution in [0.5, 0.6) is 0 Å². The number of allylic oxidation sites excluding steroid dienone is 2. The van der Waals surface area contributed by atoms with E-state index in [2.05, 4.69) is 33.8 Å². The minimum Gasteiger partial charge on any atom is -0.0850 e. The van der Waals surface area contributed by atoms with Gasteiger partial charge >= 0.3 is 0 Å². The molecule has 0 spiro atoms. The molecule has 0 radical (unpaired) electrons. The van der Waals surface area contributed by atoms with E-state index >= 15 is 0 Å². The van der Waals surface area contributed by atoms with E-state index in [0.29, 0.717) is 5.41 Å². The van der Waals surface area contributed by atoms with Crippen molar-refractivity contribution in [3.8, 4) is 0 Å². The summed E-state index contributed by atoms with van der Waals surface area (Å²) < 4.78 is 0. The number of rotatable bonds is 1. The fourth-order valence-corrected chi connectivity index (χ4v) is 1.63. The Balaban J connectivity index is 2.63. The summed E-state index contributed by atoms with van der Waals surface area (Å²) in [6.45, 7) is 9.25. The van der Waals surface area contributed by atoms with Crippen LogP contribution in [0.15, 0.2) is 11.6 Å². The van der Waals surface area contributed by atoms with Crippen LogP contribution < -0.4 is 0 Å². The molecule has 0 N–H and O–H groups in total. The van der Waals surface area contributed by atoms with Crippen LogP contribution in [0.4, 0.5) is 0 Å². The molecular formula is C10H18. The third kappa shape index (κ3) is 1.00. The topological polar surface area (TPSA) is 0 Å². The van der Waals surface area contributed by atoms with Gasteiger partial charge in [0.15, 0.2) is 0 Å². The Labute approximate surface area is 64.3 Å². The lowest BCUT2D eigenvalue weighted by Gasteiger charge is -2.46. The van der Waals surface area contributed by atoms with Crippen LogP contribution in [-0.4, -0.2) is 0 Å². The second-order valence-corrected chi connectivity index (χ2v) is 3.96. The van der Waals surface area contributed by atoms with E-state index in [1.54, 1.807) is 5.57 Å². The molecule has 0 bridgehead atoms. The summed E-state index contributed by atoms with van der Waals surface area (Å²) >= 11 is 0. The summed E-state index contributed by atoms with van der Waals surface area (Å²) in [7, 11) is 0. The SMILES string of the molecule is CCC=C1CC(C)C1(C)C. The average Bonchev–Trinajstić information content (AvgIpc) is 1.88. The van der Waals surface area contributed by atoms with Crippen LogP contribution in [0.25, 0.3) is 0 Å². The van der Waals surface area contributed by atoms with Crippen molar-refractivity contribution in [1.29, 1.82) is 0 Å². The minimum absolute atomic E-state index is 0.510. The van der Waals surface area contributed by atoms with Gasteiger partial charge in [0, 0.05) is 0 Å². The van der Waals surface area contributed by atoms with E-state index in [0.717, 1.165) is 5.92 Å². The second-order valence-electron chi connectivity index (χ2n) is 3.96. The van der Waals surface area contributed by atoms with Gasteiger partial charge in [-0.2, -0.15) is 0 Å². The van der Waals surface area contributed by atoms with Gasteiger partial charge in [0.05, 0.1) is 0 Å². The van der Waals surface area contributed by atoms with E-state index in [9.17, 15) is 0 Å². The number of hydrogen-bond donors (Lipinski definition) is 0. The number of hydrogen-bond acceptors (Lipinski definition) is 0. The van der Waals surface area contributed by atoms with Gasteiger partial charge in [0.2, 0.25) is 0 Å². The summed E-state index contributed by atoms with van der Waals surface area (Å²) in [6, 6.07) is 0. The van der Waals surface area contributed by atoms with Crippen molar-refractivity contribution in [2.45, 2.75) is 40.5 Å². The van der Waals surface area contributed by atoms with E-state index < -0.39 is 0 Å². The van der Waals surface area contributed by atoms with E-state index in [1.807, 2.05) is 0 Å². The zero-order valence-corrected chi connectivity index (χ0v) is 7.57. The maximum absolute atomic E-state index is 2.39. The van der Waals surface area contributed by atoms with Gasteiger partial charge in [-0.05, 0) is 24.2 Å². The first kappa shape index (κ1) is 7.84. The molecule has 58 valence electrons. The van der Waals surface area contributed by atoms with Crippen LogP contribution in [-0.2, 0) is 0 Å². The summed E-state index contributed by atoms with van der Waals surface area (Å²) in [6.07, 6.45) is 4.92. The van der Waals surface area contributed by atoms with Gasteiger partial charge < -0.3 is 0 Å². The third-order valence-electron chi connectivity index (χ3n) is 3.04. The maximum Gasteiger partial charge on any atom is -0.0116 e. The minimum atomic E-state index is 0.510. The van der Waals surface area contributed by atoms with Crippen molar-refractivity contribution in [1.82, 2.24) is 0 Å². The molecule has 0 nitrogen and oxygen atoms in total. The smallest absolute Gasteiger partial charge is 0.0116 e. The van der Waals surface area contributed by atoms with E-state index in [1.165, 1.54) is 12.8 Å². The highest BCUT2D eigenvalue weighted by atomic mass is 14.4. The molecule has 0 aromatic rings. The van der Waals surface area contributed by atoms with Gasteiger partial charge in [-0.3, -0.25) is 0 Å². The van der Waals surface area contributed by atoms with Crippen molar-refractivity contribution in [3.05, 3.63) is 11.6 Å². The van der Waals surface area contributed by atoms with E-state index in [-0.39, 0.29) is 0 Å². The summed E-state index contributed by atoms with van der Waals surface area (Å²) in [5.41, 5.74) is 2.18. The Morgan fingerprint density at radius 2 is 2.20 bits per heavy atom. The highest BCUT2D eigenvalue weighted by molar-refractivity contribution is 5.23. The molecular weight excluding hydrogens is 120 g/mol. The molecule has 0 heterocycles. The predicted octanol–water partition coefficient (Wildman–Crippen LogP) is 3.39. The molecule has 0 aliphatic heterocycles. The molecule has 0 saturated heterocycles. The molecule has 0 amide bonds. The van der Waals surface area contributed by atoms with Crippen molar-refractivity contribution in [3.63, 3.8) is 0 Å². The lowest BCUT2D eigenvalue weighted by molar-refractivity contribution is 0.186. The van der Waals surface area contributed by atoms with Crippen molar-refractivity contribution >= 4 is 0 Å². The highest BCUT2D eigenvalue weighted by Gasteiger charge is 2.39. The molecule has 0 aromatic carbocycles. The Morgan fingerprint density at radius 1 is 1.60 bits per heavy atom. The second kappa shape index (κ2) is 2.41. The maximum atomic E-state index is 2.39. The van der Waals surface area contributed by atoms with Gasteiger partial charge in [0.25, 0.3) is 0 Å². The van der Waals surface area contributed by atoms with Crippen LogP contribution in [0.3, 0.4) is 0 Å². The molecule has 1 aliphatic carbocycles. The zero-order valence-electron chi connectivity index (χ0n) is 7.57. The van der Waals surface area contributed by atoms with Gasteiger partial charge in [-0.1, -0.05) is 39.3 Å². The van der Waals surface area contributed by atoms with Gasteiger partial charge in [0.1, 0.15) is 0 Å². The first-order valence-corrected chi connectivity index (χ1v) is 4.28. The Morgan fingerprint density at radius 3 is 2.50 bits per heavy atom. The molecule has 1 rings (SSSR count). The van der Waals surface area contributed by atoms with Crippen LogP contribution >= 0.6 is 0 Å². The highest BCUT2D eigenvalue weighted by Crippen LogP contribution is 2.50. The van der Waals surface area contributed by atoms with E-state index in [4.69, 9.17) is 0 Å². The molecule has 1 unspecified atom stereocenters. The van der Waals surface area contributed by atoms with Crippen LogP contribution in [0.2, 0.25) is 0 Å². The molecule has 0 aromatic heterocycles. The Kier molecular flexibility index (Phi) is 1.89. The first-order valence-electron chi connectivity index (χ1n) is 4.28. The third-order valence-corrected chi connectivity index (χ3v) is 3.04. The summed E-state index contributed by atoms with van der Waals surface area (Å²) in [5, 5.41) is 0.